The van der Waals surface area contributed by atoms with Gasteiger partial charge < -0.3 is 21.1 Å². The average Bonchev–Trinajstić information content (AvgIpc) is 3.14. The predicted octanol–water partition coefficient (Wildman–Crippen LogP) is 2.91. The van der Waals surface area contributed by atoms with Gasteiger partial charge in [0.15, 0.2) is 0 Å². The van der Waals surface area contributed by atoms with Gasteiger partial charge >= 0.3 is 5.97 Å². The van der Waals surface area contributed by atoms with Crippen molar-refractivity contribution in [3.63, 3.8) is 0 Å². The van der Waals surface area contributed by atoms with E-state index in [1.165, 1.54) is 0 Å². The van der Waals surface area contributed by atoms with Gasteiger partial charge in [-0.2, -0.15) is 0 Å². The number of Topliss-reactive ketones (excluding diaryl/α,β-unsaturated/α-hetero) is 1. The second kappa shape index (κ2) is 11.1. The number of anilines is 1. The molecule has 0 spiro atoms. The molecule has 0 saturated heterocycles. The summed E-state index contributed by atoms with van der Waals surface area (Å²) in [5, 5.41) is 17.3. The molecule has 1 aromatic rings. The van der Waals surface area contributed by atoms with Crippen LogP contribution in [0.15, 0.2) is 24.3 Å². The number of benzene rings is 1. The first-order valence-electron chi connectivity index (χ1n) is 12.0. The van der Waals surface area contributed by atoms with E-state index in [-0.39, 0.29) is 18.2 Å². The van der Waals surface area contributed by atoms with Crippen LogP contribution in [0.3, 0.4) is 0 Å². The lowest BCUT2D eigenvalue weighted by atomic mass is 9.74. The van der Waals surface area contributed by atoms with Crippen LogP contribution in [0.5, 0.6) is 0 Å². The van der Waals surface area contributed by atoms with Crippen LogP contribution >= 0.6 is 0 Å². The lowest BCUT2D eigenvalue weighted by Crippen LogP contribution is -2.59. The molecule has 0 aromatic heterocycles. The van der Waals surface area contributed by atoms with E-state index in [2.05, 4.69) is 16.0 Å². The quantitative estimate of drug-likeness (QED) is 0.332. The molecule has 2 unspecified atom stereocenters. The topological polar surface area (TPSA) is 125 Å². The minimum atomic E-state index is -2.99. The van der Waals surface area contributed by atoms with Crippen molar-refractivity contribution < 1.29 is 33.1 Å². The molecule has 3 atom stereocenters. The SMILES string of the molecule is CC(C)C[C@H](NC(=O)C1(CC2CCC2)Cc2ccccc2N1)C(=O)NC(CC(F)F)C(=O)C(=O)O. The van der Waals surface area contributed by atoms with Crippen molar-refractivity contribution in [3.8, 4) is 0 Å². The van der Waals surface area contributed by atoms with E-state index in [4.69, 9.17) is 5.11 Å². The predicted molar refractivity (Wildman–Crippen MR) is 125 cm³/mol. The van der Waals surface area contributed by atoms with Crippen molar-refractivity contribution in [3.05, 3.63) is 29.8 Å². The van der Waals surface area contributed by atoms with Gasteiger partial charge in [-0.15, -0.1) is 0 Å². The van der Waals surface area contributed by atoms with E-state index in [9.17, 15) is 28.0 Å². The second-order valence-corrected chi connectivity index (χ2v) is 10.1. The highest BCUT2D eigenvalue weighted by atomic mass is 19.3. The average molecular weight is 494 g/mol. The molecular formula is C25H33F2N3O5. The second-order valence-electron chi connectivity index (χ2n) is 10.1. The molecular weight excluding hydrogens is 460 g/mol. The summed E-state index contributed by atoms with van der Waals surface area (Å²) in [4.78, 5) is 49.7. The van der Waals surface area contributed by atoms with E-state index in [1.54, 1.807) is 0 Å². The number of carboxylic acid groups (broad SMARTS) is 1. The molecule has 3 rings (SSSR count). The molecule has 1 saturated carbocycles. The van der Waals surface area contributed by atoms with Crippen molar-refractivity contribution in [2.24, 2.45) is 11.8 Å². The lowest BCUT2D eigenvalue weighted by Gasteiger charge is -2.37. The summed E-state index contributed by atoms with van der Waals surface area (Å²) in [5.41, 5.74) is 0.899. The molecule has 1 aliphatic heterocycles. The number of carboxylic acids is 1. The highest BCUT2D eigenvalue weighted by Gasteiger charge is 2.47. The normalized spacial score (nSPS) is 21.0. The molecule has 0 bridgehead atoms. The highest BCUT2D eigenvalue weighted by Crippen LogP contribution is 2.41. The molecule has 1 aromatic carbocycles. The molecule has 10 heteroatoms. The number of aliphatic carboxylic acids is 1. The van der Waals surface area contributed by atoms with E-state index in [1.807, 2.05) is 38.1 Å². The minimum absolute atomic E-state index is 0.0499. The Hall–Kier alpha value is -3.04. The first kappa shape index (κ1) is 26.6. The number of rotatable bonds is 12. The zero-order chi connectivity index (χ0) is 25.8. The first-order valence-corrected chi connectivity index (χ1v) is 12.0. The number of hydrogen-bond acceptors (Lipinski definition) is 5. The number of hydrogen-bond donors (Lipinski definition) is 4. The maximum Gasteiger partial charge on any atom is 0.374 e. The van der Waals surface area contributed by atoms with Crippen LogP contribution in [-0.4, -0.2) is 52.7 Å². The Kier molecular flexibility index (Phi) is 8.45. The third kappa shape index (κ3) is 6.55. The summed E-state index contributed by atoms with van der Waals surface area (Å²) < 4.78 is 25.9. The number of carbonyl (C=O) groups excluding carboxylic acids is 3. The Balaban J connectivity index is 1.80. The Labute approximate surface area is 203 Å². The molecule has 8 nitrogen and oxygen atoms in total. The summed E-state index contributed by atoms with van der Waals surface area (Å²) >= 11 is 0. The minimum Gasteiger partial charge on any atom is -0.475 e. The Morgan fingerprint density at radius 2 is 1.77 bits per heavy atom. The third-order valence-corrected chi connectivity index (χ3v) is 6.77. The van der Waals surface area contributed by atoms with Gasteiger partial charge in [0.05, 0.1) is 0 Å². The van der Waals surface area contributed by atoms with Gasteiger partial charge in [-0.1, -0.05) is 51.3 Å². The van der Waals surface area contributed by atoms with Gasteiger partial charge in [0.2, 0.25) is 18.2 Å². The van der Waals surface area contributed by atoms with E-state index < -0.39 is 48.1 Å². The fraction of sp³-hybridized carbons (Fsp3) is 0.600. The number of alkyl halides is 2. The number of para-hydroxylation sites is 1. The number of nitrogens with one attached hydrogen (secondary N) is 3. The van der Waals surface area contributed by atoms with Crippen LogP contribution in [0, 0.1) is 11.8 Å². The van der Waals surface area contributed by atoms with Crippen molar-refractivity contribution in [1.29, 1.82) is 0 Å². The van der Waals surface area contributed by atoms with Crippen LogP contribution in [0.4, 0.5) is 14.5 Å². The number of halogens is 2. The molecule has 1 fully saturated rings. The fourth-order valence-electron chi connectivity index (χ4n) is 4.80. The molecule has 2 aliphatic rings. The van der Waals surface area contributed by atoms with Gasteiger partial charge in [0.25, 0.3) is 5.78 Å². The first-order chi connectivity index (χ1) is 16.5. The van der Waals surface area contributed by atoms with E-state index in [0.717, 1.165) is 30.5 Å². The monoisotopic (exact) mass is 493 g/mol. The molecule has 0 radical (unpaired) electrons. The lowest BCUT2D eigenvalue weighted by molar-refractivity contribution is -0.151. The summed E-state index contributed by atoms with van der Waals surface area (Å²) in [6.07, 6.45) is 0.270. The van der Waals surface area contributed by atoms with Crippen LogP contribution < -0.4 is 16.0 Å². The van der Waals surface area contributed by atoms with Gasteiger partial charge in [0, 0.05) is 18.5 Å². The standard InChI is InChI=1S/C25H33F2N3O5/c1-14(2)10-19(22(32)28-18(11-20(26)27)21(31)23(33)34)29-24(35)25(12-15-6-5-7-15)13-16-8-3-4-9-17(16)30-25/h3-4,8-9,14-15,18-20,30H,5-7,10-13H2,1-2H3,(H,28,32)(H,29,35)(H,33,34)/t18?,19-,25?/m0/s1. The third-order valence-electron chi connectivity index (χ3n) is 6.77. The van der Waals surface area contributed by atoms with Gasteiger partial charge in [-0.25, -0.2) is 13.6 Å². The van der Waals surface area contributed by atoms with Crippen LogP contribution in [0.25, 0.3) is 0 Å². The smallest absolute Gasteiger partial charge is 0.374 e. The van der Waals surface area contributed by atoms with Crippen molar-refractivity contribution in [2.75, 3.05) is 5.32 Å². The van der Waals surface area contributed by atoms with Crippen molar-refractivity contribution >= 4 is 29.3 Å². The number of amides is 2. The van der Waals surface area contributed by atoms with Crippen LogP contribution in [0.1, 0.15) is 57.9 Å². The highest BCUT2D eigenvalue weighted by molar-refractivity contribution is 6.35. The van der Waals surface area contributed by atoms with Gasteiger partial charge in [-0.3, -0.25) is 14.4 Å². The van der Waals surface area contributed by atoms with Gasteiger partial charge in [0.1, 0.15) is 17.6 Å². The summed E-state index contributed by atoms with van der Waals surface area (Å²) in [5.74, 6) is -4.34. The van der Waals surface area contributed by atoms with Crippen molar-refractivity contribution in [2.45, 2.75) is 82.8 Å². The number of ketones is 1. The zero-order valence-electron chi connectivity index (χ0n) is 20.0. The summed E-state index contributed by atoms with van der Waals surface area (Å²) in [6, 6.07) is 4.62. The largest absolute Gasteiger partial charge is 0.475 e. The number of carbonyl (C=O) groups is 4. The maximum atomic E-state index is 13.7. The van der Waals surface area contributed by atoms with E-state index >= 15 is 0 Å². The summed E-state index contributed by atoms with van der Waals surface area (Å²) in [7, 11) is 0. The zero-order valence-corrected chi connectivity index (χ0v) is 20.0. The molecule has 1 aliphatic carbocycles. The molecule has 1 heterocycles. The Morgan fingerprint density at radius 3 is 2.31 bits per heavy atom. The molecule has 4 N–H and O–H groups in total. The van der Waals surface area contributed by atoms with E-state index in [0.29, 0.717) is 18.8 Å². The van der Waals surface area contributed by atoms with Crippen LogP contribution in [-0.2, 0) is 25.6 Å². The Morgan fingerprint density at radius 1 is 1.09 bits per heavy atom. The molecule has 2 amide bonds. The van der Waals surface area contributed by atoms with Crippen molar-refractivity contribution in [1.82, 2.24) is 10.6 Å². The Bertz CT molecular complexity index is 939. The fourth-order valence-corrected chi connectivity index (χ4v) is 4.80. The van der Waals surface area contributed by atoms with Crippen LogP contribution in [0.2, 0.25) is 0 Å². The number of fused-ring (bicyclic) bond motifs is 1. The molecule has 192 valence electrons. The molecule has 35 heavy (non-hydrogen) atoms. The summed E-state index contributed by atoms with van der Waals surface area (Å²) in [6.45, 7) is 3.67. The maximum absolute atomic E-state index is 13.7. The van der Waals surface area contributed by atoms with Gasteiger partial charge in [-0.05, 0) is 36.3 Å².